The number of anilines is 1. The molecule has 0 fully saturated rings. The first-order chi connectivity index (χ1) is 14.6. The molecule has 7 nitrogen and oxygen atoms in total. The number of hydrogen-bond donors (Lipinski definition) is 1. The first-order valence-corrected chi connectivity index (χ1v) is 10.9. The molecular formula is C22H23N5O2S. The fourth-order valence-electron chi connectivity index (χ4n) is 3.41. The minimum Gasteiger partial charge on any atom is -0.350 e. The molecule has 4 rings (SSSR count). The molecule has 0 bridgehead atoms. The molecule has 0 saturated carbocycles. The number of nitrogens with zero attached hydrogens (tertiary/aromatic N) is 4. The van der Waals surface area contributed by atoms with Crippen molar-refractivity contribution in [1.29, 1.82) is 0 Å². The van der Waals surface area contributed by atoms with Gasteiger partial charge in [0.1, 0.15) is 5.03 Å². The molecule has 1 aliphatic heterocycles. The van der Waals surface area contributed by atoms with Crippen molar-refractivity contribution in [2.75, 3.05) is 17.2 Å². The fourth-order valence-corrected chi connectivity index (χ4v) is 4.54. The topological polar surface area (TPSA) is 80.1 Å². The van der Waals surface area contributed by atoms with Gasteiger partial charge >= 0.3 is 0 Å². The first kappa shape index (κ1) is 20.2. The third-order valence-electron chi connectivity index (χ3n) is 4.87. The third-order valence-corrected chi connectivity index (χ3v) is 5.90. The standard InChI is InChI=1S/C22H23N5O2S/c1-16-21-22(27(25-16)18-8-3-2-4-9-18)30-14-13-26(21)20(29)11-10-19(28)24-15-17-7-5-6-12-23-17/h2-9,12H,10-11,13-15H2,1H3,(H,24,28). The van der Waals surface area contributed by atoms with E-state index < -0.39 is 0 Å². The summed E-state index contributed by atoms with van der Waals surface area (Å²) < 4.78 is 1.90. The highest BCUT2D eigenvalue weighted by Crippen LogP contribution is 2.39. The SMILES string of the molecule is Cc1nn(-c2ccccc2)c2c1N(C(=O)CCC(=O)NCc1ccccn1)CCS2. The quantitative estimate of drug-likeness (QED) is 0.662. The van der Waals surface area contributed by atoms with E-state index in [0.717, 1.165) is 33.5 Å². The predicted molar refractivity (Wildman–Crippen MR) is 117 cm³/mol. The highest BCUT2D eigenvalue weighted by atomic mass is 32.2. The Morgan fingerprint density at radius 2 is 1.90 bits per heavy atom. The molecule has 0 saturated heterocycles. The Hall–Kier alpha value is -3.13. The highest BCUT2D eigenvalue weighted by molar-refractivity contribution is 7.99. The average Bonchev–Trinajstić information content (AvgIpc) is 3.14. The molecule has 1 aliphatic rings. The van der Waals surface area contributed by atoms with E-state index in [-0.39, 0.29) is 24.7 Å². The molecule has 0 spiro atoms. The lowest BCUT2D eigenvalue weighted by Gasteiger charge is -2.27. The van der Waals surface area contributed by atoms with Gasteiger partial charge in [0, 0.05) is 31.3 Å². The van der Waals surface area contributed by atoms with Gasteiger partial charge in [0.05, 0.1) is 29.3 Å². The van der Waals surface area contributed by atoms with Crippen LogP contribution in [0, 0.1) is 6.92 Å². The maximum absolute atomic E-state index is 12.9. The van der Waals surface area contributed by atoms with Crippen LogP contribution in [0.25, 0.3) is 5.69 Å². The number of carbonyl (C=O) groups excluding carboxylic acids is 2. The number of aromatic nitrogens is 3. The van der Waals surface area contributed by atoms with Gasteiger partial charge < -0.3 is 10.2 Å². The van der Waals surface area contributed by atoms with Crippen LogP contribution < -0.4 is 10.2 Å². The largest absolute Gasteiger partial charge is 0.350 e. The number of thioether (sulfide) groups is 1. The lowest BCUT2D eigenvalue weighted by molar-refractivity contribution is -0.125. The molecule has 3 heterocycles. The fraction of sp³-hybridized carbons (Fsp3) is 0.273. The van der Waals surface area contributed by atoms with Gasteiger partial charge in [-0.25, -0.2) is 4.68 Å². The number of fused-ring (bicyclic) bond motifs is 1. The second-order valence-corrected chi connectivity index (χ2v) is 8.06. The smallest absolute Gasteiger partial charge is 0.227 e. The second-order valence-electron chi connectivity index (χ2n) is 6.98. The van der Waals surface area contributed by atoms with Gasteiger partial charge in [-0.15, -0.1) is 11.8 Å². The van der Waals surface area contributed by atoms with E-state index in [1.807, 2.05) is 60.1 Å². The minimum atomic E-state index is -0.155. The zero-order chi connectivity index (χ0) is 20.9. The van der Waals surface area contributed by atoms with E-state index in [4.69, 9.17) is 0 Å². The number of hydrogen-bond acceptors (Lipinski definition) is 5. The van der Waals surface area contributed by atoms with E-state index in [2.05, 4.69) is 15.4 Å². The van der Waals surface area contributed by atoms with Gasteiger partial charge in [0.15, 0.2) is 0 Å². The minimum absolute atomic E-state index is 0.0553. The maximum Gasteiger partial charge on any atom is 0.227 e. The van der Waals surface area contributed by atoms with Gasteiger partial charge in [-0.2, -0.15) is 5.10 Å². The number of rotatable bonds is 6. The summed E-state index contributed by atoms with van der Waals surface area (Å²) in [5, 5.41) is 8.46. The highest BCUT2D eigenvalue weighted by Gasteiger charge is 2.29. The van der Waals surface area contributed by atoms with E-state index >= 15 is 0 Å². The molecular weight excluding hydrogens is 398 g/mol. The van der Waals surface area contributed by atoms with E-state index in [9.17, 15) is 9.59 Å². The number of aryl methyl sites for hydroxylation is 1. The van der Waals surface area contributed by atoms with Crippen LogP contribution in [0.15, 0.2) is 59.8 Å². The number of carbonyl (C=O) groups is 2. The van der Waals surface area contributed by atoms with Crippen LogP contribution in [0.2, 0.25) is 0 Å². The van der Waals surface area contributed by atoms with Gasteiger partial charge in [0.2, 0.25) is 11.8 Å². The molecule has 30 heavy (non-hydrogen) atoms. The zero-order valence-corrected chi connectivity index (χ0v) is 17.6. The van der Waals surface area contributed by atoms with Crippen molar-refractivity contribution in [3.8, 4) is 5.69 Å². The first-order valence-electron chi connectivity index (χ1n) is 9.88. The number of amides is 2. The molecule has 0 radical (unpaired) electrons. The molecule has 1 aromatic carbocycles. The number of benzene rings is 1. The van der Waals surface area contributed by atoms with Crippen molar-refractivity contribution in [1.82, 2.24) is 20.1 Å². The van der Waals surface area contributed by atoms with Gasteiger partial charge in [-0.1, -0.05) is 24.3 Å². The Kier molecular flexibility index (Phi) is 6.13. The lowest BCUT2D eigenvalue weighted by Crippen LogP contribution is -2.36. The van der Waals surface area contributed by atoms with Crippen molar-refractivity contribution in [2.45, 2.75) is 31.3 Å². The van der Waals surface area contributed by atoms with Gasteiger partial charge in [-0.05, 0) is 31.2 Å². The van der Waals surface area contributed by atoms with Crippen LogP contribution in [-0.2, 0) is 16.1 Å². The van der Waals surface area contributed by atoms with Crippen LogP contribution >= 0.6 is 11.8 Å². The zero-order valence-electron chi connectivity index (χ0n) is 16.7. The number of nitrogens with one attached hydrogen (secondary N) is 1. The Bertz CT molecular complexity index is 1040. The van der Waals surface area contributed by atoms with Crippen molar-refractivity contribution in [2.24, 2.45) is 0 Å². The second kappa shape index (κ2) is 9.13. The molecule has 2 aromatic heterocycles. The number of pyridine rings is 1. The van der Waals surface area contributed by atoms with Crippen molar-refractivity contribution in [3.63, 3.8) is 0 Å². The summed E-state index contributed by atoms with van der Waals surface area (Å²) in [6, 6.07) is 15.5. The predicted octanol–water partition coefficient (Wildman–Crippen LogP) is 3.11. The monoisotopic (exact) mass is 421 g/mol. The molecule has 0 atom stereocenters. The van der Waals surface area contributed by atoms with E-state index in [1.165, 1.54) is 0 Å². The Labute approximate surface area is 179 Å². The summed E-state index contributed by atoms with van der Waals surface area (Å²) in [5.41, 5.74) is 3.43. The number of para-hydroxylation sites is 1. The Morgan fingerprint density at radius 1 is 1.10 bits per heavy atom. The molecule has 8 heteroatoms. The van der Waals surface area contributed by atoms with Crippen LogP contribution in [0.3, 0.4) is 0 Å². The van der Waals surface area contributed by atoms with Crippen LogP contribution in [-0.4, -0.2) is 38.9 Å². The van der Waals surface area contributed by atoms with Crippen LogP contribution in [0.4, 0.5) is 5.69 Å². The van der Waals surface area contributed by atoms with Gasteiger partial charge in [-0.3, -0.25) is 14.6 Å². The van der Waals surface area contributed by atoms with Crippen molar-refractivity contribution in [3.05, 3.63) is 66.1 Å². The summed E-state index contributed by atoms with van der Waals surface area (Å²) in [5.74, 6) is 0.584. The maximum atomic E-state index is 12.9. The summed E-state index contributed by atoms with van der Waals surface area (Å²) in [4.78, 5) is 31.1. The summed E-state index contributed by atoms with van der Waals surface area (Å²) in [6.45, 7) is 2.90. The van der Waals surface area contributed by atoms with Gasteiger partial charge in [0.25, 0.3) is 0 Å². The molecule has 1 N–H and O–H groups in total. The molecule has 154 valence electrons. The van der Waals surface area contributed by atoms with Crippen LogP contribution in [0.5, 0.6) is 0 Å². The Morgan fingerprint density at radius 3 is 2.67 bits per heavy atom. The van der Waals surface area contributed by atoms with Crippen LogP contribution in [0.1, 0.15) is 24.2 Å². The summed E-state index contributed by atoms with van der Waals surface area (Å²) in [6.07, 6.45) is 2.00. The lowest BCUT2D eigenvalue weighted by atomic mass is 10.2. The van der Waals surface area contributed by atoms with E-state index in [1.54, 1.807) is 22.9 Å². The third kappa shape index (κ3) is 4.38. The summed E-state index contributed by atoms with van der Waals surface area (Å²) >= 11 is 1.70. The average molecular weight is 422 g/mol. The molecule has 3 aromatic rings. The summed E-state index contributed by atoms with van der Waals surface area (Å²) in [7, 11) is 0. The Balaban J connectivity index is 1.41. The molecule has 0 aliphatic carbocycles. The van der Waals surface area contributed by atoms with E-state index in [0.29, 0.717) is 13.1 Å². The van der Waals surface area contributed by atoms with Crippen molar-refractivity contribution >= 4 is 29.3 Å². The normalized spacial score (nSPS) is 13.0. The molecule has 0 unspecified atom stereocenters. The molecule has 2 amide bonds. The van der Waals surface area contributed by atoms with Crippen molar-refractivity contribution < 1.29 is 9.59 Å².